The standard InChI is InChI=1S/C14H14F3NO2/c1-3-7-20-13(19)8-10(2)18-12-6-4-5-11(9-12)14(15,16)17/h3-6,9H,1,7-8H2,2H3. The van der Waals surface area contributed by atoms with Gasteiger partial charge in [-0.2, -0.15) is 13.2 Å². The molecule has 1 aromatic rings. The summed E-state index contributed by atoms with van der Waals surface area (Å²) in [4.78, 5) is 15.3. The molecular formula is C14H14F3NO2. The molecule has 0 amide bonds. The Hall–Kier alpha value is -2.11. The summed E-state index contributed by atoms with van der Waals surface area (Å²) in [5.41, 5.74) is -0.256. The van der Waals surface area contributed by atoms with Gasteiger partial charge in [0.1, 0.15) is 6.61 Å². The van der Waals surface area contributed by atoms with Crippen molar-refractivity contribution in [2.75, 3.05) is 6.61 Å². The molecule has 0 spiro atoms. The molecule has 1 rings (SSSR count). The Bertz CT molecular complexity index is 521. The number of nitrogens with zero attached hydrogens (tertiary/aromatic N) is 1. The average molecular weight is 285 g/mol. The van der Waals surface area contributed by atoms with Crippen LogP contribution in [-0.2, 0) is 15.7 Å². The van der Waals surface area contributed by atoms with Crippen molar-refractivity contribution in [3.8, 4) is 0 Å². The maximum atomic E-state index is 12.5. The third kappa shape index (κ3) is 5.26. The first-order chi connectivity index (χ1) is 9.32. The SMILES string of the molecule is C=CCOC(=O)CC(C)=Nc1cccc(C(F)(F)F)c1. The molecule has 6 heteroatoms. The van der Waals surface area contributed by atoms with Crippen molar-refractivity contribution in [1.82, 2.24) is 0 Å². The van der Waals surface area contributed by atoms with E-state index in [1.807, 2.05) is 0 Å². The summed E-state index contributed by atoms with van der Waals surface area (Å²) in [6.07, 6.45) is -3.07. The number of carbonyl (C=O) groups excluding carboxylic acids is 1. The minimum absolute atomic E-state index is 0.0793. The molecule has 0 heterocycles. The van der Waals surface area contributed by atoms with Gasteiger partial charge in [0.25, 0.3) is 0 Å². The topological polar surface area (TPSA) is 38.7 Å². The number of hydrogen-bond donors (Lipinski definition) is 0. The molecule has 0 aliphatic heterocycles. The Balaban J connectivity index is 2.78. The molecular weight excluding hydrogens is 271 g/mol. The smallest absolute Gasteiger partial charge is 0.416 e. The van der Waals surface area contributed by atoms with Crippen LogP contribution in [0, 0.1) is 0 Å². The van der Waals surface area contributed by atoms with Crippen molar-refractivity contribution in [2.24, 2.45) is 4.99 Å². The van der Waals surface area contributed by atoms with Gasteiger partial charge in [0.05, 0.1) is 17.7 Å². The monoisotopic (exact) mass is 285 g/mol. The van der Waals surface area contributed by atoms with E-state index in [0.717, 1.165) is 12.1 Å². The molecule has 0 atom stereocenters. The summed E-state index contributed by atoms with van der Waals surface area (Å²) in [5.74, 6) is -0.502. The van der Waals surface area contributed by atoms with Crippen LogP contribution in [0.15, 0.2) is 41.9 Å². The molecule has 0 bridgehead atoms. The van der Waals surface area contributed by atoms with E-state index >= 15 is 0 Å². The van der Waals surface area contributed by atoms with Crippen LogP contribution in [0.3, 0.4) is 0 Å². The molecule has 0 saturated heterocycles. The summed E-state index contributed by atoms with van der Waals surface area (Å²) in [6.45, 7) is 5.04. The van der Waals surface area contributed by atoms with Crippen LogP contribution in [0.25, 0.3) is 0 Å². The van der Waals surface area contributed by atoms with Crippen molar-refractivity contribution in [1.29, 1.82) is 0 Å². The Morgan fingerprint density at radius 1 is 1.45 bits per heavy atom. The van der Waals surface area contributed by atoms with Crippen LogP contribution in [0.5, 0.6) is 0 Å². The first-order valence-electron chi connectivity index (χ1n) is 5.81. The minimum Gasteiger partial charge on any atom is -0.461 e. The fourth-order valence-electron chi connectivity index (χ4n) is 1.42. The highest BCUT2D eigenvalue weighted by molar-refractivity contribution is 5.98. The Morgan fingerprint density at radius 2 is 2.15 bits per heavy atom. The van der Waals surface area contributed by atoms with E-state index in [2.05, 4.69) is 11.6 Å². The van der Waals surface area contributed by atoms with Crippen molar-refractivity contribution >= 4 is 17.4 Å². The number of benzene rings is 1. The predicted octanol–water partition coefficient (Wildman–Crippen LogP) is 3.92. The van der Waals surface area contributed by atoms with Gasteiger partial charge in [-0.3, -0.25) is 9.79 Å². The van der Waals surface area contributed by atoms with E-state index in [4.69, 9.17) is 4.74 Å². The second-order valence-corrected chi connectivity index (χ2v) is 4.04. The Kier molecular flexibility index (Phi) is 5.49. The number of halogens is 3. The first-order valence-corrected chi connectivity index (χ1v) is 5.81. The van der Waals surface area contributed by atoms with Crippen LogP contribution in [0.4, 0.5) is 18.9 Å². The average Bonchev–Trinajstić information content (AvgIpc) is 2.35. The summed E-state index contributed by atoms with van der Waals surface area (Å²) >= 11 is 0. The molecule has 3 nitrogen and oxygen atoms in total. The van der Waals surface area contributed by atoms with Gasteiger partial charge < -0.3 is 4.74 Å². The maximum absolute atomic E-state index is 12.5. The third-order valence-corrected chi connectivity index (χ3v) is 2.26. The highest BCUT2D eigenvalue weighted by Crippen LogP contribution is 2.31. The predicted molar refractivity (Wildman–Crippen MR) is 70.0 cm³/mol. The van der Waals surface area contributed by atoms with Gasteiger partial charge in [-0.05, 0) is 25.1 Å². The first kappa shape index (κ1) is 15.9. The fraction of sp³-hybridized carbons (Fsp3) is 0.286. The fourth-order valence-corrected chi connectivity index (χ4v) is 1.42. The number of esters is 1. The minimum atomic E-state index is -4.41. The lowest BCUT2D eigenvalue weighted by atomic mass is 10.2. The summed E-state index contributed by atoms with van der Waals surface area (Å²) in [5, 5.41) is 0. The largest absolute Gasteiger partial charge is 0.461 e. The number of carbonyl (C=O) groups is 1. The Labute approximate surface area is 114 Å². The number of rotatable bonds is 5. The highest BCUT2D eigenvalue weighted by atomic mass is 19.4. The second-order valence-electron chi connectivity index (χ2n) is 4.04. The number of alkyl halides is 3. The van der Waals surface area contributed by atoms with Gasteiger partial charge >= 0.3 is 12.1 Å². The molecule has 0 aliphatic carbocycles. The van der Waals surface area contributed by atoms with Crippen LogP contribution < -0.4 is 0 Å². The van der Waals surface area contributed by atoms with Gasteiger partial charge in [0.15, 0.2) is 0 Å². The van der Waals surface area contributed by atoms with Gasteiger partial charge in [0, 0.05) is 5.71 Å². The second kappa shape index (κ2) is 6.88. The zero-order valence-electron chi connectivity index (χ0n) is 10.9. The third-order valence-electron chi connectivity index (χ3n) is 2.26. The van der Waals surface area contributed by atoms with E-state index in [1.54, 1.807) is 6.92 Å². The molecule has 20 heavy (non-hydrogen) atoms. The number of ether oxygens (including phenoxy) is 1. The van der Waals surface area contributed by atoms with E-state index in [9.17, 15) is 18.0 Å². The van der Waals surface area contributed by atoms with Crippen molar-refractivity contribution in [3.63, 3.8) is 0 Å². The van der Waals surface area contributed by atoms with Gasteiger partial charge in [-0.1, -0.05) is 18.7 Å². The maximum Gasteiger partial charge on any atom is 0.416 e. The summed E-state index contributed by atoms with van der Waals surface area (Å²) in [6, 6.07) is 4.60. The molecule has 0 N–H and O–H groups in total. The number of hydrogen-bond acceptors (Lipinski definition) is 3. The summed E-state index contributed by atoms with van der Waals surface area (Å²) in [7, 11) is 0. The molecule has 108 valence electrons. The molecule has 0 saturated carbocycles. The Morgan fingerprint density at radius 3 is 2.75 bits per heavy atom. The van der Waals surface area contributed by atoms with Gasteiger partial charge in [0.2, 0.25) is 0 Å². The van der Waals surface area contributed by atoms with E-state index in [0.29, 0.717) is 5.71 Å². The van der Waals surface area contributed by atoms with Crippen molar-refractivity contribution in [2.45, 2.75) is 19.5 Å². The van der Waals surface area contributed by atoms with Crippen molar-refractivity contribution in [3.05, 3.63) is 42.5 Å². The normalized spacial score (nSPS) is 12.1. The molecule has 0 fully saturated rings. The van der Waals surface area contributed by atoms with Crippen molar-refractivity contribution < 1.29 is 22.7 Å². The number of aliphatic imine (C=N–C) groups is 1. The highest BCUT2D eigenvalue weighted by Gasteiger charge is 2.30. The zero-order valence-corrected chi connectivity index (χ0v) is 10.9. The van der Waals surface area contributed by atoms with Gasteiger partial charge in [-0.25, -0.2) is 0 Å². The lowest BCUT2D eigenvalue weighted by Crippen LogP contribution is -2.09. The van der Waals surface area contributed by atoms with E-state index < -0.39 is 17.7 Å². The van der Waals surface area contributed by atoms with Crippen LogP contribution in [-0.4, -0.2) is 18.3 Å². The van der Waals surface area contributed by atoms with Crippen LogP contribution in [0.1, 0.15) is 18.9 Å². The lowest BCUT2D eigenvalue weighted by molar-refractivity contribution is -0.141. The van der Waals surface area contributed by atoms with Crippen LogP contribution >= 0.6 is 0 Å². The molecule has 0 aliphatic rings. The zero-order chi connectivity index (χ0) is 15.2. The van der Waals surface area contributed by atoms with Crippen LogP contribution in [0.2, 0.25) is 0 Å². The molecule has 0 aromatic heterocycles. The summed E-state index contributed by atoms with van der Waals surface area (Å²) < 4.78 is 42.3. The molecule has 1 aromatic carbocycles. The molecule has 0 radical (unpaired) electrons. The van der Waals surface area contributed by atoms with E-state index in [-0.39, 0.29) is 18.7 Å². The molecule has 0 unspecified atom stereocenters. The van der Waals surface area contributed by atoms with Gasteiger partial charge in [-0.15, -0.1) is 0 Å². The van der Waals surface area contributed by atoms with E-state index in [1.165, 1.54) is 18.2 Å². The quantitative estimate of drug-likeness (QED) is 0.467. The lowest BCUT2D eigenvalue weighted by Gasteiger charge is -2.07.